The van der Waals surface area contributed by atoms with Gasteiger partial charge in [0.15, 0.2) is 0 Å². The summed E-state index contributed by atoms with van der Waals surface area (Å²) < 4.78 is 6.33. The van der Waals surface area contributed by atoms with Crippen molar-refractivity contribution in [2.75, 3.05) is 6.61 Å². The second-order valence-electron chi connectivity index (χ2n) is 2.50. The molecule has 0 aliphatic carbocycles. The summed E-state index contributed by atoms with van der Waals surface area (Å²) in [5.74, 6) is 6.04. The number of nitrogens with zero attached hydrogens (tertiary/aromatic N) is 1. The standard InChI is InChI=1S/C8H7BrN2O/c9-5-1-2-8-6(3-5)7(11-10)4-12-8/h1-3H,4,10H2/b11-7-. The minimum absolute atomic E-state index is 0.474. The molecule has 0 bridgehead atoms. The summed E-state index contributed by atoms with van der Waals surface area (Å²) in [7, 11) is 0. The molecule has 0 amide bonds. The lowest BCUT2D eigenvalue weighted by Crippen LogP contribution is -2.04. The fraction of sp³-hybridized carbons (Fsp3) is 0.125. The van der Waals surface area contributed by atoms with Crippen LogP contribution in [0.5, 0.6) is 5.75 Å². The molecule has 0 aromatic heterocycles. The van der Waals surface area contributed by atoms with Gasteiger partial charge in [0.25, 0.3) is 0 Å². The highest BCUT2D eigenvalue weighted by atomic mass is 79.9. The average molecular weight is 227 g/mol. The van der Waals surface area contributed by atoms with Crippen LogP contribution in [0.1, 0.15) is 5.56 Å². The predicted molar refractivity (Wildman–Crippen MR) is 50.4 cm³/mol. The van der Waals surface area contributed by atoms with Crippen molar-refractivity contribution in [1.29, 1.82) is 0 Å². The first-order chi connectivity index (χ1) is 5.81. The van der Waals surface area contributed by atoms with Crippen molar-refractivity contribution in [2.45, 2.75) is 0 Å². The van der Waals surface area contributed by atoms with Gasteiger partial charge in [0, 0.05) is 10.0 Å². The van der Waals surface area contributed by atoms with E-state index in [1.807, 2.05) is 18.2 Å². The van der Waals surface area contributed by atoms with Crippen molar-refractivity contribution in [2.24, 2.45) is 10.9 Å². The summed E-state index contributed by atoms with van der Waals surface area (Å²) in [6.07, 6.45) is 0. The lowest BCUT2D eigenvalue weighted by Gasteiger charge is -1.96. The Labute approximate surface area is 78.3 Å². The van der Waals surface area contributed by atoms with Gasteiger partial charge in [0.1, 0.15) is 18.1 Å². The van der Waals surface area contributed by atoms with E-state index in [0.717, 1.165) is 21.5 Å². The van der Waals surface area contributed by atoms with Crippen LogP contribution in [0, 0.1) is 0 Å². The van der Waals surface area contributed by atoms with Gasteiger partial charge in [-0.1, -0.05) is 15.9 Å². The molecule has 1 aliphatic heterocycles. The number of ether oxygens (including phenoxy) is 1. The van der Waals surface area contributed by atoms with Crippen molar-refractivity contribution >= 4 is 21.6 Å². The van der Waals surface area contributed by atoms with Crippen LogP contribution < -0.4 is 10.6 Å². The van der Waals surface area contributed by atoms with Crippen LogP contribution in [0.2, 0.25) is 0 Å². The van der Waals surface area contributed by atoms with Crippen LogP contribution in [-0.4, -0.2) is 12.3 Å². The molecule has 2 rings (SSSR count). The van der Waals surface area contributed by atoms with Gasteiger partial charge >= 0.3 is 0 Å². The molecule has 0 saturated carbocycles. The van der Waals surface area contributed by atoms with Gasteiger partial charge in [-0.25, -0.2) is 0 Å². The number of hydrogen-bond acceptors (Lipinski definition) is 3. The average Bonchev–Trinajstić information content (AvgIpc) is 2.46. The monoisotopic (exact) mass is 226 g/mol. The van der Waals surface area contributed by atoms with Gasteiger partial charge < -0.3 is 10.6 Å². The highest BCUT2D eigenvalue weighted by Crippen LogP contribution is 2.28. The molecule has 1 aromatic carbocycles. The number of fused-ring (bicyclic) bond motifs is 1. The molecular formula is C8H7BrN2O. The number of benzene rings is 1. The summed E-state index contributed by atoms with van der Waals surface area (Å²) in [5.41, 5.74) is 1.78. The zero-order valence-electron chi connectivity index (χ0n) is 6.25. The molecule has 0 saturated heterocycles. The highest BCUT2D eigenvalue weighted by Gasteiger charge is 2.18. The van der Waals surface area contributed by atoms with Crippen molar-refractivity contribution < 1.29 is 4.74 Å². The number of halogens is 1. The van der Waals surface area contributed by atoms with E-state index in [-0.39, 0.29) is 0 Å². The lowest BCUT2D eigenvalue weighted by molar-refractivity contribution is 0.392. The second kappa shape index (κ2) is 2.79. The molecule has 0 fully saturated rings. The van der Waals surface area contributed by atoms with Crippen LogP contribution >= 0.6 is 15.9 Å². The Kier molecular flexibility index (Phi) is 1.77. The Hall–Kier alpha value is -1.03. The maximum atomic E-state index is 5.33. The van der Waals surface area contributed by atoms with E-state index in [2.05, 4.69) is 21.0 Å². The van der Waals surface area contributed by atoms with Gasteiger partial charge in [-0.05, 0) is 18.2 Å². The van der Waals surface area contributed by atoms with E-state index in [4.69, 9.17) is 10.6 Å². The van der Waals surface area contributed by atoms with E-state index in [0.29, 0.717) is 6.61 Å². The van der Waals surface area contributed by atoms with Crippen LogP contribution in [0.4, 0.5) is 0 Å². The number of rotatable bonds is 0. The second-order valence-corrected chi connectivity index (χ2v) is 3.42. The smallest absolute Gasteiger partial charge is 0.133 e. The van der Waals surface area contributed by atoms with E-state index in [9.17, 15) is 0 Å². The molecule has 0 radical (unpaired) electrons. The third kappa shape index (κ3) is 1.08. The maximum absolute atomic E-state index is 5.33. The van der Waals surface area contributed by atoms with Crippen LogP contribution in [0.15, 0.2) is 27.8 Å². The molecule has 2 N–H and O–H groups in total. The molecule has 1 heterocycles. The van der Waals surface area contributed by atoms with Crippen molar-refractivity contribution in [1.82, 2.24) is 0 Å². The third-order valence-electron chi connectivity index (χ3n) is 1.77. The fourth-order valence-electron chi connectivity index (χ4n) is 1.18. The summed E-state index contributed by atoms with van der Waals surface area (Å²) in [5, 5.41) is 3.64. The topological polar surface area (TPSA) is 47.6 Å². The Morgan fingerprint density at radius 3 is 3.08 bits per heavy atom. The first kappa shape index (κ1) is 7.61. The Bertz CT molecular complexity index is 349. The van der Waals surface area contributed by atoms with Crippen LogP contribution in [0.25, 0.3) is 0 Å². The number of hydrogen-bond donors (Lipinski definition) is 1. The van der Waals surface area contributed by atoms with Gasteiger partial charge in [-0.15, -0.1) is 0 Å². The first-order valence-corrected chi connectivity index (χ1v) is 4.30. The normalized spacial score (nSPS) is 17.6. The molecule has 0 atom stereocenters. The number of nitrogens with two attached hydrogens (primary N) is 1. The zero-order chi connectivity index (χ0) is 8.55. The summed E-state index contributed by atoms with van der Waals surface area (Å²) in [6, 6.07) is 5.78. The predicted octanol–water partition coefficient (Wildman–Crippen LogP) is 1.50. The first-order valence-electron chi connectivity index (χ1n) is 3.51. The van der Waals surface area contributed by atoms with Gasteiger partial charge in [-0.2, -0.15) is 5.10 Å². The molecular weight excluding hydrogens is 220 g/mol. The maximum Gasteiger partial charge on any atom is 0.133 e. The van der Waals surface area contributed by atoms with Gasteiger partial charge in [0.2, 0.25) is 0 Å². The van der Waals surface area contributed by atoms with Crippen molar-refractivity contribution in [3.63, 3.8) is 0 Å². The fourth-order valence-corrected chi connectivity index (χ4v) is 1.55. The van der Waals surface area contributed by atoms with Crippen LogP contribution in [0.3, 0.4) is 0 Å². The largest absolute Gasteiger partial charge is 0.487 e. The van der Waals surface area contributed by atoms with E-state index < -0.39 is 0 Å². The molecule has 1 aliphatic rings. The highest BCUT2D eigenvalue weighted by molar-refractivity contribution is 9.10. The van der Waals surface area contributed by atoms with Gasteiger partial charge in [-0.3, -0.25) is 0 Å². The summed E-state index contributed by atoms with van der Waals surface area (Å²) in [4.78, 5) is 0. The lowest BCUT2D eigenvalue weighted by atomic mass is 10.1. The SMILES string of the molecule is N/N=C1/COc2ccc(Br)cc21. The minimum atomic E-state index is 0.474. The van der Waals surface area contributed by atoms with Gasteiger partial charge in [0.05, 0.1) is 0 Å². The van der Waals surface area contributed by atoms with Crippen molar-refractivity contribution in [3.05, 3.63) is 28.2 Å². The molecule has 3 nitrogen and oxygen atoms in total. The molecule has 1 aromatic rings. The number of hydrazone groups is 1. The van der Waals surface area contributed by atoms with Crippen LogP contribution in [-0.2, 0) is 0 Å². The quantitative estimate of drug-likeness (QED) is 0.539. The molecule has 4 heteroatoms. The molecule has 0 unspecified atom stereocenters. The van der Waals surface area contributed by atoms with Crippen molar-refractivity contribution in [3.8, 4) is 5.75 Å². The zero-order valence-corrected chi connectivity index (χ0v) is 7.84. The third-order valence-corrected chi connectivity index (χ3v) is 2.27. The summed E-state index contributed by atoms with van der Waals surface area (Å²) in [6.45, 7) is 0.474. The molecule has 62 valence electrons. The Morgan fingerprint density at radius 1 is 1.50 bits per heavy atom. The summed E-state index contributed by atoms with van der Waals surface area (Å²) >= 11 is 3.37. The Morgan fingerprint density at radius 2 is 2.33 bits per heavy atom. The Balaban J connectivity index is 2.57. The van der Waals surface area contributed by atoms with E-state index >= 15 is 0 Å². The van der Waals surface area contributed by atoms with E-state index in [1.54, 1.807) is 0 Å². The molecule has 12 heavy (non-hydrogen) atoms. The molecule has 0 spiro atoms. The van der Waals surface area contributed by atoms with E-state index in [1.165, 1.54) is 0 Å². The minimum Gasteiger partial charge on any atom is -0.487 e.